The zero-order chi connectivity index (χ0) is 19.7. The van der Waals surface area contributed by atoms with Gasteiger partial charge in [0.15, 0.2) is 0 Å². The first kappa shape index (κ1) is 17.9. The molecule has 1 atom stereocenters. The highest BCUT2D eigenvalue weighted by Gasteiger charge is 2.28. The van der Waals surface area contributed by atoms with Crippen LogP contribution in [0.1, 0.15) is 22.2 Å². The number of nitro groups is 1. The Bertz CT molecular complexity index is 1180. The number of hydrogen-bond donors (Lipinski definition) is 2. The molecule has 4 aromatic rings. The van der Waals surface area contributed by atoms with Crippen molar-refractivity contribution in [2.24, 2.45) is 0 Å². The molecule has 2 N–H and O–H groups in total. The summed E-state index contributed by atoms with van der Waals surface area (Å²) in [5.41, 5.74) is 0.959. The van der Waals surface area contributed by atoms with Crippen LogP contribution in [-0.2, 0) is 0 Å². The molecule has 0 aliphatic rings. The molecule has 0 saturated carbocycles. The first-order valence-corrected chi connectivity index (χ1v) is 9.37. The average molecular weight is 392 g/mol. The normalized spacial score (nSPS) is 12.0. The summed E-state index contributed by atoms with van der Waals surface area (Å²) in [5, 5.41) is 36.7. The predicted octanol–water partition coefficient (Wildman–Crippen LogP) is 4.82. The number of aryl methyl sites for hydroxylation is 1. The molecule has 0 spiro atoms. The topological polar surface area (TPSA) is 101 Å². The summed E-state index contributed by atoms with van der Waals surface area (Å²) in [6, 6.07) is 16.8. The highest BCUT2D eigenvalue weighted by molar-refractivity contribution is 7.15. The predicted molar refractivity (Wildman–Crippen MR) is 109 cm³/mol. The van der Waals surface area contributed by atoms with Gasteiger partial charge in [0.25, 0.3) is 5.69 Å². The lowest BCUT2D eigenvalue weighted by Crippen LogP contribution is -2.15. The standard InChI is InChI=1S/C20H16N4O3S/c1-12-22-23-20(28-12)21-19(15-8-4-5-9-16(15)24(26)27)18-14-7-3-2-6-13(14)10-11-17(18)25/h2-11,19,25H,1H3,(H,21,23). The van der Waals surface area contributed by atoms with Crippen molar-refractivity contribution < 1.29 is 10.0 Å². The molecule has 1 unspecified atom stereocenters. The number of phenols is 1. The third-order valence-electron chi connectivity index (χ3n) is 4.47. The maximum Gasteiger partial charge on any atom is 0.275 e. The highest BCUT2D eigenvalue weighted by Crippen LogP contribution is 2.40. The Morgan fingerprint density at radius 2 is 1.82 bits per heavy atom. The van der Waals surface area contributed by atoms with Crippen molar-refractivity contribution in [3.8, 4) is 5.75 Å². The van der Waals surface area contributed by atoms with Gasteiger partial charge in [-0.15, -0.1) is 10.2 Å². The van der Waals surface area contributed by atoms with Gasteiger partial charge < -0.3 is 10.4 Å². The SMILES string of the molecule is Cc1nnc(NC(c2ccccc2[N+](=O)[O-])c2c(O)ccc3ccccc23)s1. The van der Waals surface area contributed by atoms with Crippen LogP contribution in [0.5, 0.6) is 5.75 Å². The van der Waals surface area contributed by atoms with Crippen LogP contribution in [0.25, 0.3) is 10.8 Å². The number of nitrogens with one attached hydrogen (secondary N) is 1. The van der Waals surface area contributed by atoms with Crippen molar-refractivity contribution in [3.05, 3.63) is 86.9 Å². The Kier molecular flexibility index (Phi) is 4.62. The number of anilines is 1. The van der Waals surface area contributed by atoms with E-state index in [0.29, 0.717) is 16.3 Å². The number of benzene rings is 3. The van der Waals surface area contributed by atoms with Gasteiger partial charge >= 0.3 is 0 Å². The van der Waals surface area contributed by atoms with E-state index in [1.807, 2.05) is 37.3 Å². The molecule has 3 aromatic carbocycles. The van der Waals surface area contributed by atoms with Gasteiger partial charge in [-0.1, -0.05) is 53.8 Å². The van der Waals surface area contributed by atoms with Crippen LogP contribution in [0.2, 0.25) is 0 Å². The zero-order valence-corrected chi connectivity index (χ0v) is 15.7. The van der Waals surface area contributed by atoms with Crippen LogP contribution in [0.3, 0.4) is 0 Å². The van der Waals surface area contributed by atoms with E-state index in [4.69, 9.17) is 0 Å². The largest absolute Gasteiger partial charge is 0.508 e. The van der Waals surface area contributed by atoms with Gasteiger partial charge in [0.2, 0.25) is 5.13 Å². The van der Waals surface area contributed by atoms with E-state index in [1.54, 1.807) is 24.3 Å². The second-order valence-electron chi connectivity index (χ2n) is 6.24. The number of aromatic nitrogens is 2. The lowest BCUT2D eigenvalue weighted by Gasteiger charge is -2.22. The summed E-state index contributed by atoms with van der Waals surface area (Å²) >= 11 is 1.35. The van der Waals surface area contributed by atoms with Gasteiger partial charge in [0.1, 0.15) is 10.8 Å². The number of hydrogen-bond acceptors (Lipinski definition) is 7. The molecule has 1 aromatic heterocycles. The molecule has 0 fully saturated rings. The van der Waals surface area contributed by atoms with E-state index in [-0.39, 0.29) is 11.4 Å². The molecule has 0 amide bonds. The quantitative estimate of drug-likeness (QED) is 0.373. The first-order valence-electron chi connectivity index (χ1n) is 8.55. The molecule has 1 heterocycles. The van der Waals surface area contributed by atoms with Gasteiger partial charge in [-0.2, -0.15) is 0 Å². The molecule has 0 radical (unpaired) electrons. The Balaban J connectivity index is 1.97. The molecule has 7 nitrogen and oxygen atoms in total. The maximum atomic E-state index is 11.7. The van der Waals surface area contributed by atoms with Crippen LogP contribution in [-0.4, -0.2) is 20.2 Å². The van der Waals surface area contributed by atoms with E-state index >= 15 is 0 Å². The first-order chi connectivity index (χ1) is 13.5. The Hall–Kier alpha value is -3.52. The summed E-state index contributed by atoms with van der Waals surface area (Å²) in [6.45, 7) is 1.83. The van der Waals surface area contributed by atoms with Crippen LogP contribution >= 0.6 is 11.3 Å². The fraction of sp³-hybridized carbons (Fsp3) is 0.100. The van der Waals surface area contributed by atoms with E-state index < -0.39 is 11.0 Å². The van der Waals surface area contributed by atoms with Crippen LogP contribution < -0.4 is 5.32 Å². The minimum atomic E-state index is -0.681. The smallest absolute Gasteiger partial charge is 0.275 e. The molecular weight excluding hydrogens is 376 g/mol. The second-order valence-corrected chi connectivity index (χ2v) is 7.42. The van der Waals surface area contributed by atoms with E-state index in [9.17, 15) is 15.2 Å². The van der Waals surface area contributed by atoms with Crippen molar-refractivity contribution in [3.63, 3.8) is 0 Å². The summed E-state index contributed by atoms with van der Waals surface area (Å²) < 4.78 is 0. The van der Waals surface area contributed by atoms with Crippen molar-refractivity contribution >= 4 is 32.9 Å². The number of nitro benzene ring substituents is 1. The maximum absolute atomic E-state index is 11.7. The van der Waals surface area contributed by atoms with Crippen LogP contribution in [0, 0.1) is 17.0 Å². The molecule has 28 heavy (non-hydrogen) atoms. The Morgan fingerprint density at radius 3 is 2.57 bits per heavy atom. The van der Waals surface area contributed by atoms with Crippen LogP contribution in [0.4, 0.5) is 10.8 Å². The Morgan fingerprint density at radius 1 is 1.07 bits per heavy atom. The Labute approximate surface area is 164 Å². The zero-order valence-electron chi connectivity index (χ0n) is 14.9. The average Bonchev–Trinajstić information content (AvgIpc) is 3.11. The third kappa shape index (κ3) is 3.25. The van der Waals surface area contributed by atoms with Crippen molar-refractivity contribution in [1.82, 2.24) is 10.2 Å². The number of nitrogens with zero attached hydrogens (tertiary/aromatic N) is 3. The third-order valence-corrected chi connectivity index (χ3v) is 5.24. The summed E-state index contributed by atoms with van der Waals surface area (Å²) in [6.07, 6.45) is 0. The minimum Gasteiger partial charge on any atom is -0.508 e. The van der Waals surface area contributed by atoms with Crippen molar-refractivity contribution in [1.29, 1.82) is 0 Å². The fourth-order valence-corrected chi connectivity index (χ4v) is 3.89. The summed E-state index contributed by atoms with van der Waals surface area (Å²) in [7, 11) is 0. The summed E-state index contributed by atoms with van der Waals surface area (Å²) in [5.74, 6) is 0.0515. The van der Waals surface area contributed by atoms with Crippen molar-refractivity contribution in [2.75, 3.05) is 5.32 Å². The van der Waals surface area contributed by atoms with E-state index in [0.717, 1.165) is 15.8 Å². The number of para-hydroxylation sites is 1. The lowest BCUT2D eigenvalue weighted by atomic mass is 9.92. The summed E-state index contributed by atoms with van der Waals surface area (Å²) in [4.78, 5) is 11.2. The molecule has 4 rings (SSSR count). The number of rotatable bonds is 5. The number of aromatic hydroxyl groups is 1. The molecule has 140 valence electrons. The van der Waals surface area contributed by atoms with Gasteiger partial charge in [0, 0.05) is 11.6 Å². The van der Waals surface area contributed by atoms with E-state index in [2.05, 4.69) is 15.5 Å². The fourth-order valence-electron chi connectivity index (χ4n) is 3.27. The minimum absolute atomic E-state index is 0.0337. The van der Waals surface area contributed by atoms with Gasteiger partial charge in [-0.05, 0) is 29.8 Å². The van der Waals surface area contributed by atoms with Crippen molar-refractivity contribution in [2.45, 2.75) is 13.0 Å². The highest BCUT2D eigenvalue weighted by atomic mass is 32.1. The monoisotopic (exact) mass is 392 g/mol. The molecule has 0 aliphatic heterocycles. The van der Waals surface area contributed by atoms with Gasteiger partial charge in [-0.25, -0.2) is 0 Å². The molecule has 0 saturated heterocycles. The number of phenolic OH excluding ortho intramolecular Hbond substituents is 1. The molecular formula is C20H16N4O3S. The van der Waals surface area contributed by atoms with Crippen LogP contribution in [0.15, 0.2) is 60.7 Å². The second kappa shape index (κ2) is 7.24. The number of fused-ring (bicyclic) bond motifs is 1. The van der Waals surface area contributed by atoms with Gasteiger partial charge in [-0.3, -0.25) is 10.1 Å². The van der Waals surface area contributed by atoms with E-state index in [1.165, 1.54) is 17.4 Å². The molecule has 0 aliphatic carbocycles. The lowest BCUT2D eigenvalue weighted by molar-refractivity contribution is -0.385. The molecule has 8 heteroatoms. The van der Waals surface area contributed by atoms with Gasteiger partial charge in [0.05, 0.1) is 16.5 Å². The molecule has 0 bridgehead atoms.